The zero-order valence-electron chi connectivity index (χ0n) is 14.0. The maximum absolute atomic E-state index is 13.1. The first-order chi connectivity index (χ1) is 12.6. The molecule has 2 amide bonds. The second-order valence-electron chi connectivity index (χ2n) is 5.87. The van der Waals surface area contributed by atoms with E-state index in [0.29, 0.717) is 17.0 Å². The van der Waals surface area contributed by atoms with Gasteiger partial charge < -0.3 is 9.84 Å². The van der Waals surface area contributed by atoms with E-state index in [1.54, 1.807) is 36.4 Å². The highest BCUT2D eigenvalue weighted by atomic mass is 16.5. The van der Waals surface area contributed by atoms with Crippen molar-refractivity contribution < 1.29 is 19.4 Å². The number of anilines is 1. The highest BCUT2D eigenvalue weighted by Crippen LogP contribution is 2.38. The molecule has 0 fully saturated rings. The van der Waals surface area contributed by atoms with Crippen molar-refractivity contribution in [1.82, 2.24) is 0 Å². The molecule has 1 heterocycles. The van der Waals surface area contributed by atoms with Gasteiger partial charge in [0.05, 0.1) is 18.4 Å². The Morgan fingerprint density at radius 1 is 0.846 bits per heavy atom. The molecule has 0 radical (unpaired) electrons. The number of rotatable bonds is 3. The average molecular weight is 345 g/mol. The number of para-hydroxylation sites is 1. The third-order valence-corrected chi connectivity index (χ3v) is 4.44. The van der Waals surface area contributed by atoms with Crippen LogP contribution in [0.15, 0.2) is 72.5 Å². The maximum Gasteiger partial charge on any atom is 0.301 e. The number of hydrogen-bond donors (Lipinski definition) is 1. The quantitative estimate of drug-likeness (QED) is 0.735. The van der Waals surface area contributed by atoms with E-state index in [4.69, 9.17) is 4.74 Å². The minimum Gasteiger partial charge on any atom is -0.502 e. The maximum atomic E-state index is 13.1. The van der Waals surface area contributed by atoms with Crippen molar-refractivity contribution in [2.45, 2.75) is 0 Å². The van der Waals surface area contributed by atoms with E-state index in [2.05, 4.69) is 0 Å². The molecule has 4 rings (SSSR count). The standard InChI is InChI=1S/C21H15NO4/c1-26-17-12-5-4-10-15(17)18-19(23)21(25)22(20(18)24)16-11-6-8-13-7-2-3-9-14(13)16/h2-12,23H,1H3. The first-order valence-electron chi connectivity index (χ1n) is 8.06. The Labute approximate surface area is 149 Å². The Kier molecular flexibility index (Phi) is 3.69. The van der Waals surface area contributed by atoms with Gasteiger partial charge in [-0.15, -0.1) is 0 Å². The predicted octanol–water partition coefficient (Wildman–Crippen LogP) is 3.69. The highest BCUT2D eigenvalue weighted by molar-refractivity contribution is 6.46. The van der Waals surface area contributed by atoms with Crippen LogP contribution in [0.4, 0.5) is 5.69 Å². The number of benzene rings is 3. The number of aliphatic hydroxyl groups is 1. The Balaban J connectivity index is 1.88. The number of methoxy groups -OCH3 is 1. The Morgan fingerprint density at radius 3 is 2.35 bits per heavy atom. The summed E-state index contributed by atoms with van der Waals surface area (Å²) in [6.45, 7) is 0. The molecule has 26 heavy (non-hydrogen) atoms. The summed E-state index contributed by atoms with van der Waals surface area (Å²) in [5.74, 6) is -1.48. The van der Waals surface area contributed by atoms with E-state index in [9.17, 15) is 14.7 Å². The molecule has 0 saturated carbocycles. The van der Waals surface area contributed by atoms with Gasteiger partial charge in [-0.05, 0) is 17.5 Å². The number of ether oxygens (including phenoxy) is 1. The van der Waals surface area contributed by atoms with Gasteiger partial charge in [0.15, 0.2) is 5.76 Å². The Morgan fingerprint density at radius 2 is 1.54 bits per heavy atom. The van der Waals surface area contributed by atoms with Gasteiger partial charge in [0.1, 0.15) is 5.75 Å². The van der Waals surface area contributed by atoms with E-state index >= 15 is 0 Å². The number of fused-ring (bicyclic) bond motifs is 1. The molecule has 0 unspecified atom stereocenters. The van der Waals surface area contributed by atoms with Crippen molar-refractivity contribution in [1.29, 1.82) is 0 Å². The van der Waals surface area contributed by atoms with Gasteiger partial charge in [0, 0.05) is 10.9 Å². The molecule has 1 aliphatic rings. The number of amides is 2. The second-order valence-corrected chi connectivity index (χ2v) is 5.87. The van der Waals surface area contributed by atoms with Crippen LogP contribution in [0.3, 0.4) is 0 Å². The molecule has 0 saturated heterocycles. The number of nitrogens with zero attached hydrogens (tertiary/aromatic N) is 1. The van der Waals surface area contributed by atoms with Gasteiger partial charge in [-0.25, -0.2) is 4.90 Å². The van der Waals surface area contributed by atoms with Crippen molar-refractivity contribution in [3.8, 4) is 5.75 Å². The van der Waals surface area contributed by atoms with Crippen molar-refractivity contribution >= 4 is 33.8 Å². The molecule has 3 aromatic rings. The fourth-order valence-corrected chi connectivity index (χ4v) is 3.23. The summed E-state index contributed by atoms with van der Waals surface area (Å²) in [5, 5.41) is 12.1. The average Bonchev–Trinajstić information content (AvgIpc) is 2.90. The van der Waals surface area contributed by atoms with Crippen LogP contribution in [0.2, 0.25) is 0 Å². The van der Waals surface area contributed by atoms with Gasteiger partial charge >= 0.3 is 5.91 Å². The molecule has 0 bridgehead atoms. The van der Waals surface area contributed by atoms with Crippen LogP contribution in [-0.4, -0.2) is 24.0 Å². The van der Waals surface area contributed by atoms with Crippen LogP contribution in [0.25, 0.3) is 16.3 Å². The van der Waals surface area contributed by atoms with Crippen molar-refractivity contribution in [3.05, 3.63) is 78.1 Å². The number of imide groups is 1. The summed E-state index contributed by atoms with van der Waals surface area (Å²) in [5.41, 5.74) is 0.767. The lowest BCUT2D eigenvalue weighted by Gasteiger charge is -2.17. The molecular formula is C21H15NO4. The van der Waals surface area contributed by atoms with Gasteiger partial charge in [0.25, 0.3) is 5.91 Å². The molecule has 0 aliphatic carbocycles. The monoisotopic (exact) mass is 345 g/mol. The third-order valence-electron chi connectivity index (χ3n) is 4.44. The van der Waals surface area contributed by atoms with E-state index in [1.165, 1.54) is 7.11 Å². The number of carbonyl (C=O) groups is 2. The highest BCUT2D eigenvalue weighted by Gasteiger charge is 2.41. The topological polar surface area (TPSA) is 66.8 Å². The molecule has 5 heteroatoms. The van der Waals surface area contributed by atoms with E-state index < -0.39 is 17.6 Å². The molecule has 0 atom stereocenters. The SMILES string of the molecule is COc1ccccc1C1=C(O)C(=O)N(c2cccc3ccccc23)C1=O. The van der Waals surface area contributed by atoms with Crippen LogP contribution in [0, 0.1) is 0 Å². The second kappa shape index (κ2) is 6.04. The van der Waals surface area contributed by atoms with Crippen LogP contribution in [0.5, 0.6) is 5.75 Å². The van der Waals surface area contributed by atoms with Gasteiger partial charge in [-0.1, -0.05) is 54.6 Å². The Bertz CT molecular complexity index is 1080. The fourth-order valence-electron chi connectivity index (χ4n) is 3.23. The molecular weight excluding hydrogens is 330 g/mol. The summed E-state index contributed by atoms with van der Waals surface area (Å²) in [6, 6.07) is 19.6. The van der Waals surface area contributed by atoms with Gasteiger partial charge in [-0.2, -0.15) is 0 Å². The van der Waals surface area contributed by atoms with Crippen molar-refractivity contribution in [2.24, 2.45) is 0 Å². The van der Waals surface area contributed by atoms with Gasteiger partial charge in [0.2, 0.25) is 0 Å². The zero-order valence-corrected chi connectivity index (χ0v) is 14.0. The summed E-state index contributed by atoms with van der Waals surface area (Å²) in [7, 11) is 1.47. The first-order valence-corrected chi connectivity index (χ1v) is 8.06. The number of hydrogen-bond acceptors (Lipinski definition) is 4. The van der Waals surface area contributed by atoms with Gasteiger partial charge in [-0.3, -0.25) is 9.59 Å². The van der Waals surface area contributed by atoms with E-state index in [-0.39, 0.29) is 5.57 Å². The molecule has 0 aromatic heterocycles. The zero-order chi connectivity index (χ0) is 18.3. The lowest BCUT2D eigenvalue weighted by molar-refractivity contribution is -0.121. The molecule has 128 valence electrons. The van der Waals surface area contributed by atoms with Crippen molar-refractivity contribution in [3.63, 3.8) is 0 Å². The summed E-state index contributed by atoms with van der Waals surface area (Å²) in [4.78, 5) is 26.8. The minimum atomic E-state index is -0.743. The molecule has 1 N–H and O–H groups in total. The lowest BCUT2D eigenvalue weighted by Crippen LogP contribution is -2.31. The molecule has 3 aromatic carbocycles. The smallest absolute Gasteiger partial charge is 0.301 e. The Hall–Kier alpha value is -3.60. The van der Waals surface area contributed by atoms with Crippen LogP contribution in [0.1, 0.15) is 5.56 Å². The summed E-state index contributed by atoms with van der Waals surface area (Å²) >= 11 is 0. The third kappa shape index (κ3) is 2.25. The number of carbonyl (C=O) groups excluding carboxylic acids is 2. The summed E-state index contributed by atoms with van der Waals surface area (Å²) in [6.07, 6.45) is 0. The first kappa shape index (κ1) is 15.9. The predicted molar refractivity (Wildman–Crippen MR) is 99.0 cm³/mol. The summed E-state index contributed by atoms with van der Waals surface area (Å²) < 4.78 is 5.27. The lowest BCUT2D eigenvalue weighted by atomic mass is 10.0. The van der Waals surface area contributed by atoms with Crippen molar-refractivity contribution in [2.75, 3.05) is 12.0 Å². The fraction of sp³-hybridized carbons (Fsp3) is 0.0476. The normalized spacial score (nSPS) is 14.4. The number of aliphatic hydroxyl groups excluding tert-OH is 1. The van der Waals surface area contributed by atoms with Crippen LogP contribution >= 0.6 is 0 Å². The van der Waals surface area contributed by atoms with Crippen LogP contribution < -0.4 is 9.64 Å². The van der Waals surface area contributed by atoms with E-state index in [1.807, 2.05) is 30.3 Å². The van der Waals surface area contributed by atoms with E-state index in [0.717, 1.165) is 15.7 Å². The molecule has 5 nitrogen and oxygen atoms in total. The molecule has 0 spiro atoms. The minimum absolute atomic E-state index is 0.0552. The molecule has 1 aliphatic heterocycles. The van der Waals surface area contributed by atoms with Crippen LogP contribution in [-0.2, 0) is 9.59 Å². The largest absolute Gasteiger partial charge is 0.502 e.